The molecule has 1 heterocycles. The highest BCUT2D eigenvalue weighted by molar-refractivity contribution is 5.66. The highest BCUT2D eigenvalue weighted by atomic mass is 16.4. The molecule has 112 valence electrons. The molecular weight excluding hydrogens is 254 g/mol. The molecular formula is C15H25N3O2. The van der Waals surface area contributed by atoms with Crippen LogP contribution in [0.2, 0.25) is 0 Å². The zero-order valence-corrected chi connectivity index (χ0v) is 13.1. The van der Waals surface area contributed by atoms with Crippen molar-refractivity contribution < 1.29 is 9.90 Å². The van der Waals surface area contributed by atoms with Crippen molar-refractivity contribution in [1.82, 2.24) is 9.97 Å². The number of aromatic nitrogens is 2. The van der Waals surface area contributed by atoms with Crippen LogP contribution in [-0.2, 0) is 4.79 Å². The summed E-state index contributed by atoms with van der Waals surface area (Å²) in [7, 11) is 0. The molecule has 1 N–H and O–H groups in total. The third-order valence-electron chi connectivity index (χ3n) is 3.12. The largest absolute Gasteiger partial charge is 0.481 e. The van der Waals surface area contributed by atoms with Gasteiger partial charge in [-0.15, -0.1) is 0 Å². The molecule has 0 atom stereocenters. The van der Waals surface area contributed by atoms with Gasteiger partial charge in [0.05, 0.1) is 0 Å². The Morgan fingerprint density at radius 3 is 2.45 bits per heavy atom. The highest BCUT2D eigenvalue weighted by Gasteiger charge is 2.16. The number of carboxylic acid groups (broad SMARTS) is 1. The minimum atomic E-state index is -0.762. The van der Waals surface area contributed by atoms with Crippen LogP contribution >= 0.6 is 0 Å². The van der Waals surface area contributed by atoms with Gasteiger partial charge >= 0.3 is 5.97 Å². The Kier molecular flexibility index (Phi) is 5.92. The van der Waals surface area contributed by atoms with Crippen molar-refractivity contribution in [3.8, 4) is 0 Å². The monoisotopic (exact) mass is 279 g/mol. The smallest absolute Gasteiger partial charge is 0.303 e. The van der Waals surface area contributed by atoms with E-state index in [1.54, 1.807) is 0 Å². The van der Waals surface area contributed by atoms with Crippen molar-refractivity contribution in [2.45, 2.75) is 59.4 Å². The molecule has 1 aromatic heterocycles. The van der Waals surface area contributed by atoms with Crippen molar-refractivity contribution >= 4 is 11.9 Å². The molecule has 0 saturated carbocycles. The molecule has 0 amide bonds. The van der Waals surface area contributed by atoms with Gasteiger partial charge in [-0.25, -0.2) is 9.97 Å². The van der Waals surface area contributed by atoms with Crippen molar-refractivity contribution in [2.75, 3.05) is 11.4 Å². The van der Waals surface area contributed by atoms with E-state index in [0.717, 1.165) is 11.4 Å². The molecule has 0 saturated heterocycles. The van der Waals surface area contributed by atoms with E-state index < -0.39 is 5.97 Å². The minimum Gasteiger partial charge on any atom is -0.481 e. The second-order valence-corrected chi connectivity index (χ2v) is 5.67. The van der Waals surface area contributed by atoms with Gasteiger partial charge in [-0.2, -0.15) is 0 Å². The average molecular weight is 279 g/mol. The molecule has 0 spiro atoms. The first-order valence-electron chi connectivity index (χ1n) is 7.15. The third kappa shape index (κ3) is 4.79. The summed E-state index contributed by atoms with van der Waals surface area (Å²) in [5, 5.41) is 8.75. The van der Waals surface area contributed by atoms with Crippen LogP contribution in [0.25, 0.3) is 0 Å². The molecule has 0 fully saturated rings. The lowest BCUT2D eigenvalue weighted by Crippen LogP contribution is -2.34. The first-order valence-corrected chi connectivity index (χ1v) is 7.15. The van der Waals surface area contributed by atoms with Crippen LogP contribution < -0.4 is 4.90 Å². The predicted octanol–water partition coefficient (Wildman–Crippen LogP) is 2.99. The SMILES string of the molecule is Cc1cc(C(C)C)nc(N(CCCC(=O)O)C(C)C)n1. The maximum Gasteiger partial charge on any atom is 0.303 e. The van der Waals surface area contributed by atoms with Crippen LogP contribution in [0.15, 0.2) is 6.07 Å². The van der Waals surface area contributed by atoms with E-state index in [4.69, 9.17) is 5.11 Å². The van der Waals surface area contributed by atoms with Crippen LogP contribution in [0.3, 0.4) is 0 Å². The number of nitrogens with zero attached hydrogens (tertiary/aromatic N) is 3. The van der Waals surface area contributed by atoms with Crippen molar-refractivity contribution in [2.24, 2.45) is 0 Å². The first-order chi connectivity index (χ1) is 9.31. The van der Waals surface area contributed by atoms with E-state index in [-0.39, 0.29) is 12.5 Å². The van der Waals surface area contributed by atoms with Crippen molar-refractivity contribution in [1.29, 1.82) is 0 Å². The molecule has 0 radical (unpaired) electrons. The van der Waals surface area contributed by atoms with Gasteiger partial charge < -0.3 is 10.0 Å². The van der Waals surface area contributed by atoms with Crippen molar-refractivity contribution in [3.63, 3.8) is 0 Å². The summed E-state index contributed by atoms with van der Waals surface area (Å²) in [5.74, 6) is 0.291. The fourth-order valence-corrected chi connectivity index (χ4v) is 1.99. The summed E-state index contributed by atoms with van der Waals surface area (Å²) in [6.07, 6.45) is 0.772. The first kappa shape index (κ1) is 16.4. The number of carboxylic acids is 1. The van der Waals surface area contributed by atoms with Crippen LogP contribution in [-0.4, -0.2) is 33.6 Å². The average Bonchev–Trinajstić information content (AvgIpc) is 2.32. The van der Waals surface area contributed by atoms with Gasteiger partial charge in [0.2, 0.25) is 5.95 Å². The van der Waals surface area contributed by atoms with Crippen molar-refractivity contribution in [3.05, 3.63) is 17.5 Å². The minimum absolute atomic E-state index is 0.173. The summed E-state index contributed by atoms with van der Waals surface area (Å²) in [4.78, 5) is 21.8. The molecule has 5 nitrogen and oxygen atoms in total. The predicted molar refractivity (Wildman–Crippen MR) is 80.2 cm³/mol. The van der Waals surface area contributed by atoms with E-state index >= 15 is 0 Å². The Balaban J connectivity index is 2.93. The van der Waals surface area contributed by atoms with Gasteiger partial charge in [-0.1, -0.05) is 13.8 Å². The molecule has 1 rings (SSSR count). The van der Waals surface area contributed by atoms with E-state index in [1.807, 2.05) is 13.0 Å². The standard InChI is InChI=1S/C15H25N3O2/c1-10(2)13-9-12(5)16-15(17-13)18(11(3)4)8-6-7-14(19)20/h9-11H,6-8H2,1-5H3,(H,19,20). The van der Waals surface area contributed by atoms with Crippen LogP contribution in [0.1, 0.15) is 57.8 Å². The summed E-state index contributed by atoms with van der Waals surface area (Å²) < 4.78 is 0. The molecule has 0 bridgehead atoms. The van der Waals surface area contributed by atoms with Gasteiger partial charge in [0.15, 0.2) is 0 Å². The summed E-state index contributed by atoms with van der Waals surface area (Å²) in [6.45, 7) is 11.0. The van der Waals surface area contributed by atoms with Gasteiger partial charge in [0.1, 0.15) is 0 Å². The molecule has 0 aliphatic heterocycles. The number of aliphatic carboxylic acids is 1. The van der Waals surface area contributed by atoms with Crippen LogP contribution in [0.4, 0.5) is 5.95 Å². The van der Waals surface area contributed by atoms with Gasteiger partial charge in [-0.05, 0) is 39.2 Å². The van der Waals surface area contributed by atoms with E-state index in [2.05, 4.69) is 42.6 Å². The van der Waals surface area contributed by atoms with E-state index in [0.29, 0.717) is 24.8 Å². The Labute approximate surface area is 121 Å². The lowest BCUT2D eigenvalue weighted by molar-refractivity contribution is -0.137. The quantitative estimate of drug-likeness (QED) is 0.831. The second kappa shape index (κ2) is 7.22. The fraction of sp³-hybridized carbons (Fsp3) is 0.667. The molecule has 20 heavy (non-hydrogen) atoms. The summed E-state index contributed by atoms with van der Waals surface area (Å²) in [5.41, 5.74) is 1.97. The Morgan fingerprint density at radius 2 is 1.95 bits per heavy atom. The lowest BCUT2D eigenvalue weighted by Gasteiger charge is -2.27. The Hall–Kier alpha value is -1.65. The molecule has 0 unspecified atom stereocenters. The molecule has 0 aliphatic rings. The van der Waals surface area contributed by atoms with Crippen LogP contribution in [0, 0.1) is 6.92 Å². The van der Waals surface area contributed by atoms with Gasteiger partial charge in [0, 0.05) is 30.4 Å². The maximum atomic E-state index is 10.6. The number of aryl methyl sites for hydroxylation is 1. The zero-order chi connectivity index (χ0) is 15.3. The number of rotatable bonds is 7. The number of hydrogen-bond acceptors (Lipinski definition) is 4. The molecule has 5 heteroatoms. The molecule has 0 aliphatic carbocycles. The van der Waals surface area contributed by atoms with Gasteiger partial charge in [-0.3, -0.25) is 4.79 Å². The lowest BCUT2D eigenvalue weighted by atomic mass is 10.1. The topological polar surface area (TPSA) is 66.3 Å². The summed E-state index contributed by atoms with van der Waals surface area (Å²) in [6, 6.07) is 2.25. The fourth-order valence-electron chi connectivity index (χ4n) is 1.99. The molecule has 0 aromatic carbocycles. The second-order valence-electron chi connectivity index (χ2n) is 5.67. The number of carbonyl (C=O) groups is 1. The normalized spacial score (nSPS) is 11.2. The molecule has 1 aromatic rings. The third-order valence-corrected chi connectivity index (χ3v) is 3.12. The number of anilines is 1. The van der Waals surface area contributed by atoms with Gasteiger partial charge in [0.25, 0.3) is 0 Å². The Morgan fingerprint density at radius 1 is 1.30 bits per heavy atom. The summed E-state index contributed by atoms with van der Waals surface area (Å²) >= 11 is 0. The maximum absolute atomic E-state index is 10.6. The highest BCUT2D eigenvalue weighted by Crippen LogP contribution is 2.19. The van der Waals surface area contributed by atoms with E-state index in [9.17, 15) is 4.79 Å². The van der Waals surface area contributed by atoms with Crippen LogP contribution in [0.5, 0.6) is 0 Å². The van der Waals surface area contributed by atoms with E-state index in [1.165, 1.54) is 0 Å². The zero-order valence-electron chi connectivity index (χ0n) is 13.1. The Bertz CT molecular complexity index is 458. The number of hydrogen-bond donors (Lipinski definition) is 1.